The summed E-state index contributed by atoms with van der Waals surface area (Å²) < 4.78 is 29.7. The third-order valence-electron chi connectivity index (χ3n) is 9.64. The Bertz CT molecular complexity index is 790. The molecule has 0 spiro atoms. The molecule has 4 aliphatic rings. The van der Waals surface area contributed by atoms with E-state index in [2.05, 4.69) is 13.8 Å². The normalized spacial score (nSPS) is 47.1. The summed E-state index contributed by atoms with van der Waals surface area (Å²) in [5.41, 5.74) is -3.17. The summed E-state index contributed by atoms with van der Waals surface area (Å²) in [5.74, 6) is -0.864. The number of fused-ring (bicyclic) bond motifs is 2. The topological polar surface area (TPSA) is 121 Å². The lowest BCUT2D eigenvalue weighted by atomic mass is 9.41. The van der Waals surface area contributed by atoms with E-state index in [4.69, 9.17) is 23.7 Å². The number of aliphatic hydroxyl groups is 2. The van der Waals surface area contributed by atoms with Gasteiger partial charge in [0, 0.05) is 38.2 Å². The summed E-state index contributed by atoms with van der Waals surface area (Å²) in [5, 5.41) is 22.4. The van der Waals surface area contributed by atoms with Crippen molar-refractivity contribution in [1.82, 2.24) is 0 Å². The van der Waals surface area contributed by atoms with Crippen molar-refractivity contribution in [1.29, 1.82) is 0 Å². The molecule has 0 aromatic rings. The average molecular weight is 499 g/mol. The summed E-state index contributed by atoms with van der Waals surface area (Å²) in [6.45, 7) is 8.88. The van der Waals surface area contributed by atoms with Crippen LogP contribution in [-0.4, -0.2) is 72.4 Å². The number of hydrogen-bond acceptors (Lipinski definition) is 9. The molecule has 10 atom stereocenters. The van der Waals surface area contributed by atoms with Crippen LogP contribution in [0.3, 0.4) is 0 Å². The van der Waals surface area contributed by atoms with Crippen molar-refractivity contribution in [2.45, 2.75) is 104 Å². The van der Waals surface area contributed by atoms with Gasteiger partial charge in [0.25, 0.3) is 0 Å². The second-order valence-electron chi connectivity index (χ2n) is 11.3. The molecule has 2 aliphatic heterocycles. The van der Waals surface area contributed by atoms with Crippen LogP contribution in [0.2, 0.25) is 0 Å². The van der Waals surface area contributed by atoms with Crippen molar-refractivity contribution in [3.63, 3.8) is 0 Å². The van der Waals surface area contributed by atoms with Gasteiger partial charge in [-0.1, -0.05) is 20.3 Å². The van der Waals surface area contributed by atoms with E-state index >= 15 is 0 Å². The molecule has 200 valence electrons. The Morgan fingerprint density at radius 1 is 1.11 bits per heavy atom. The average Bonchev–Trinajstić information content (AvgIpc) is 3.35. The number of carbonyl (C=O) groups excluding carboxylic acids is 2. The van der Waals surface area contributed by atoms with E-state index in [1.807, 2.05) is 6.92 Å². The summed E-state index contributed by atoms with van der Waals surface area (Å²) in [7, 11) is 0. The van der Waals surface area contributed by atoms with Gasteiger partial charge in [-0.25, -0.2) is 0 Å². The Kier molecular flexibility index (Phi) is 7.57. The number of carbonyl (C=O) groups is 2. The molecule has 4 fully saturated rings. The van der Waals surface area contributed by atoms with E-state index < -0.39 is 41.1 Å². The molecule has 2 N–H and O–H groups in total. The monoisotopic (exact) mass is 498 g/mol. The first-order chi connectivity index (χ1) is 16.5. The van der Waals surface area contributed by atoms with Crippen molar-refractivity contribution in [3.8, 4) is 0 Å². The lowest BCUT2D eigenvalue weighted by Gasteiger charge is -2.66. The number of hydrogen-bond donors (Lipinski definition) is 2. The Morgan fingerprint density at radius 2 is 1.86 bits per heavy atom. The summed E-state index contributed by atoms with van der Waals surface area (Å²) in [4.78, 5) is 24.1. The minimum absolute atomic E-state index is 0.0786. The maximum Gasteiger partial charge on any atom is 0.302 e. The van der Waals surface area contributed by atoms with Gasteiger partial charge >= 0.3 is 11.9 Å². The third-order valence-corrected chi connectivity index (χ3v) is 9.64. The molecular weight excluding hydrogens is 456 g/mol. The van der Waals surface area contributed by atoms with Crippen molar-refractivity contribution in [2.24, 2.45) is 28.6 Å². The highest BCUT2D eigenvalue weighted by atomic mass is 16.8. The SMILES string of the molecule is CCO[C@H]1C[C@@H]2C[C@@H]([C@@]3(C)[C@H](C)C[C@@H](OC(C)=O)[C@]4(COC(C)=O)[C@@H]3CCC[C@]4(O)CO)O[C@@H]2O1. The first-order valence-corrected chi connectivity index (χ1v) is 13.1. The van der Waals surface area contributed by atoms with Crippen molar-refractivity contribution >= 4 is 11.9 Å². The van der Waals surface area contributed by atoms with Crippen LogP contribution >= 0.6 is 0 Å². The molecule has 0 aromatic carbocycles. The van der Waals surface area contributed by atoms with Crippen molar-refractivity contribution in [2.75, 3.05) is 19.8 Å². The molecule has 2 saturated heterocycles. The molecular formula is C26H42O9. The Labute approximate surface area is 207 Å². The molecule has 4 rings (SSSR count). The minimum atomic E-state index is -1.57. The van der Waals surface area contributed by atoms with E-state index in [1.165, 1.54) is 13.8 Å². The molecule has 2 heterocycles. The number of aliphatic hydroxyl groups excluding tert-OH is 1. The highest BCUT2D eigenvalue weighted by Crippen LogP contribution is 2.66. The van der Waals surface area contributed by atoms with Gasteiger partial charge in [-0.15, -0.1) is 0 Å². The maximum absolute atomic E-state index is 12.2. The van der Waals surface area contributed by atoms with E-state index in [0.717, 1.165) is 19.3 Å². The number of esters is 2. The fourth-order valence-corrected chi connectivity index (χ4v) is 7.81. The van der Waals surface area contributed by atoms with E-state index in [-0.39, 0.29) is 43.0 Å². The Hall–Kier alpha value is -1.26. The molecule has 0 bridgehead atoms. The van der Waals surface area contributed by atoms with Crippen LogP contribution in [0.25, 0.3) is 0 Å². The Morgan fingerprint density at radius 3 is 2.46 bits per heavy atom. The molecule has 9 heteroatoms. The lowest BCUT2D eigenvalue weighted by Crippen LogP contribution is -2.73. The molecule has 0 amide bonds. The largest absolute Gasteiger partial charge is 0.465 e. The zero-order valence-electron chi connectivity index (χ0n) is 21.7. The number of rotatable bonds is 7. The summed E-state index contributed by atoms with van der Waals surface area (Å²) >= 11 is 0. The van der Waals surface area contributed by atoms with Gasteiger partial charge in [-0.05, 0) is 44.4 Å². The molecule has 35 heavy (non-hydrogen) atoms. The van der Waals surface area contributed by atoms with Gasteiger partial charge in [0.2, 0.25) is 0 Å². The smallest absolute Gasteiger partial charge is 0.302 e. The van der Waals surface area contributed by atoms with Crippen molar-refractivity contribution < 1.29 is 43.5 Å². The predicted molar refractivity (Wildman–Crippen MR) is 124 cm³/mol. The highest BCUT2D eigenvalue weighted by molar-refractivity contribution is 5.67. The van der Waals surface area contributed by atoms with Crippen LogP contribution in [0.5, 0.6) is 0 Å². The standard InChI is InChI=1S/C26H42O9/c1-6-31-22-12-18-11-20(34-23(18)35-22)24(5)15(2)10-21(33-17(4)29)26(14-32-16(3)28)19(24)8-7-9-25(26,30)13-27/h15,18-23,27,30H,6-14H2,1-5H3/t15-,18+,19-,20+,21-,22-,23-,24+,25+,26+/m1/s1. The van der Waals surface area contributed by atoms with E-state index in [0.29, 0.717) is 25.9 Å². The van der Waals surface area contributed by atoms with Gasteiger partial charge in [-0.2, -0.15) is 0 Å². The number of ether oxygens (including phenoxy) is 5. The third kappa shape index (κ3) is 4.31. The van der Waals surface area contributed by atoms with Crippen LogP contribution in [0, 0.1) is 28.6 Å². The van der Waals surface area contributed by atoms with Crippen LogP contribution in [-0.2, 0) is 33.3 Å². The van der Waals surface area contributed by atoms with E-state index in [1.54, 1.807) is 0 Å². The zero-order valence-corrected chi connectivity index (χ0v) is 21.7. The van der Waals surface area contributed by atoms with Gasteiger partial charge in [0.1, 0.15) is 18.3 Å². The van der Waals surface area contributed by atoms with Gasteiger partial charge < -0.3 is 33.9 Å². The Balaban J connectivity index is 1.73. The quantitative estimate of drug-likeness (QED) is 0.510. The summed E-state index contributed by atoms with van der Waals surface area (Å²) in [6.07, 6.45) is 2.35. The maximum atomic E-state index is 12.2. The van der Waals surface area contributed by atoms with Gasteiger partial charge in [0.15, 0.2) is 12.6 Å². The summed E-state index contributed by atoms with van der Waals surface area (Å²) in [6, 6.07) is 0. The molecule has 2 aliphatic carbocycles. The van der Waals surface area contributed by atoms with Gasteiger partial charge in [-0.3, -0.25) is 9.59 Å². The second-order valence-corrected chi connectivity index (χ2v) is 11.3. The molecule has 9 nitrogen and oxygen atoms in total. The van der Waals surface area contributed by atoms with Crippen molar-refractivity contribution in [3.05, 3.63) is 0 Å². The first kappa shape index (κ1) is 26.8. The van der Waals surface area contributed by atoms with Gasteiger partial charge in [0.05, 0.1) is 18.1 Å². The van der Waals surface area contributed by atoms with E-state index in [9.17, 15) is 19.8 Å². The van der Waals surface area contributed by atoms with Crippen LogP contribution in [0.1, 0.15) is 73.1 Å². The molecule has 0 radical (unpaired) electrons. The fourth-order valence-electron chi connectivity index (χ4n) is 7.81. The predicted octanol–water partition coefficient (Wildman–Crippen LogP) is 2.55. The zero-order chi connectivity index (χ0) is 25.6. The first-order valence-electron chi connectivity index (χ1n) is 13.1. The second kappa shape index (κ2) is 9.89. The van der Waals surface area contributed by atoms with Crippen LogP contribution in [0.15, 0.2) is 0 Å². The minimum Gasteiger partial charge on any atom is -0.465 e. The molecule has 2 saturated carbocycles. The highest BCUT2D eigenvalue weighted by Gasteiger charge is 2.72. The molecule has 0 aromatic heterocycles. The fraction of sp³-hybridized carbons (Fsp3) is 0.923. The van der Waals surface area contributed by atoms with Crippen LogP contribution in [0.4, 0.5) is 0 Å². The lowest BCUT2D eigenvalue weighted by molar-refractivity contribution is -0.301. The van der Waals surface area contributed by atoms with Crippen LogP contribution < -0.4 is 0 Å². The molecule has 0 unspecified atom stereocenters.